The van der Waals surface area contributed by atoms with Crippen LogP contribution in [0.25, 0.3) is 11.4 Å². The van der Waals surface area contributed by atoms with E-state index >= 15 is 0 Å². The molecule has 29 heavy (non-hydrogen) atoms. The van der Waals surface area contributed by atoms with Gasteiger partial charge in [-0.05, 0) is 30.9 Å². The van der Waals surface area contributed by atoms with Gasteiger partial charge < -0.3 is 19.9 Å². The van der Waals surface area contributed by atoms with Gasteiger partial charge in [0.05, 0.1) is 6.04 Å². The van der Waals surface area contributed by atoms with Crippen molar-refractivity contribution in [1.82, 2.24) is 15.0 Å². The summed E-state index contributed by atoms with van der Waals surface area (Å²) in [5.74, 6) is -1.99. The number of alkyl halides is 3. The summed E-state index contributed by atoms with van der Waals surface area (Å²) in [5.41, 5.74) is 6.47. The minimum absolute atomic E-state index is 0.242. The molecular formula is C18H17F3N4O4. The summed E-state index contributed by atoms with van der Waals surface area (Å²) in [6.07, 6.45) is -3.07. The first kappa shape index (κ1) is 19.2. The molecule has 1 aromatic carbocycles. The Hall–Kier alpha value is -3.11. The van der Waals surface area contributed by atoms with Gasteiger partial charge in [-0.15, -0.1) is 0 Å². The highest BCUT2D eigenvalue weighted by molar-refractivity contribution is 5.99. The van der Waals surface area contributed by atoms with Gasteiger partial charge in [-0.3, -0.25) is 4.79 Å². The van der Waals surface area contributed by atoms with Gasteiger partial charge in [-0.2, -0.15) is 18.2 Å². The first-order chi connectivity index (χ1) is 13.7. The highest BCUT2D eigenvalue weighted by Gasteiger charge is 2.40. The molecule has 2 N–H and O–H groups in total. The van der Waals surface area contributed by atoms with Gasteiger partial charge >= 0.3 is 18.2 Å². The van der Waals surface area contributed by atoms with E-state index in [2.05, 4.69) is 14.7 Å². The molecular weight excluding hydrogens is 393 g/mol. The number of carbonyl (C=O) groups is 2. The number of rotatable bonds is 3. The zero-order valence-electron chi connectivity index (χ0n) is 15.1. The molecule has 0 radical (unpaired) electrons. The topological polar surface area (TPSA) is 112 Å². The van der Waals surface area contributed by atoms with Gasteiger partial charge in [0.25, 0.3) is 5.91 Å². The summed E-state index contributed by atoms with van der Waals surface area (Å²) in [5, 5.41) is 3.35. The smallest absolute Gasteiger partial charge is 0.444 e. The van der Waals surface area contributed by atoms with Crippen LogP contribution in [0.5, 0.6) is 0 Å². The number of halogens is 3. The van der Waals surface area contributed by atoms with E-state index in [1.54, 1.807) is 17.0 Å². The van der Waals surface area contributed by atoms with Crippen molar-refractivity contribution in [2.75, 3.05) is 0 Å². The standard InChI is InChI=1S/C18H17F3N4O4/c19-18(20,21)16-23-14(24-29-16)9-5-6-10-8-25(15(26)11(10)7-9)12-3-1-2-4-13(12)28-17(22)27/h5-7,12-13H,1-4,8H2,(H2,22,27)/t12-,13+/m0/s1. The minimum atomic E-state index is -4.75. The van der Waals surface area contributed by atoms with Crippen molar-refractivity contribution in [1.29, 1.82) is 0 Å². The number of primary amides is 1. The molecule has 1 aliphatic carbocycles. The highest BCUT2D eigenvalue weighted by Crippen LogP contribution is 2.35. The van der Waals surface area contributed by atoms with Gasteiger partial charge in [0.2, 0.25) is 5.82 Å². The molecule has 11 heteroatoms. The Labute approximate surface area is 162 Å². The largest absolute Gasteiger partial charge is 0.471 e. The third kappa shape index (κ3) is 3.64. The number of benzene rings is 1. The lowest BCUT2D eigenvalue weighted by atomic mass is 9.91. The van der Waals surface area contributed by atoms with E-state index in [0.717, 1.165) is 18.4 Å². The van der Waals surface area contributed by atoms with E-state index in [9.17, 15) is 22.8 Å². The monoisotopic (exact) mass is 410 g/mol. The van der Waals surface area contributed by atoms with Crippen LogP contribution in [0.15, 0.2) is 22.7 Å². The molecule has 4 rings (SSSR count). The molecule has 0 bridgehead atoms. The zero-order valence-corrected chi connectivity index (χ0v) is 15.1. The molecule has 0 unspecified atom stereocenters. The fourth-order valence-corrected chi connectivity index (χ4v) is 3.91. The maximum atomic E-state index is 13.0. The average Bonchev–Trinajstić information content (AvgIpc) is 3.27. The number of carbonyl (C=O) groups excluding carboxylic acids is 2. The van der Waals surface area contributed by atoms with Crippen molar-refractivity contribution in [3.05, 3.63) is 35.2 Å². The lowest BCUT2D eigenvalue weighted by molar-refractivity contribution is -0.159. The Morgan fingerprint density at radius 1 is 1.28 bits per heavy atom. The van der Waals surface area contributed by atoms with E-state index in [-0.39, 0.29) is 23.3 Å². The van der Waals surface area contributed by atoms with Crippen molar-refractivity contribution < 1.29 is 32.0 Å². The second-order valence-electron chi connectivity index (χ2n) is 7.05. The molecule has 1 aliphatic heterocycles. The van der Waals surface area contributed by atoms with Crippen LogP contribution in [0.2, 0.25) is 0 Å². The summed E-state index contributed by atoms with van der Waals surface area (Å²) in [4.78, 5) is 29.2. The van der Waals surface area contributed by atoms with E-state index in [0.29, 0.717) is 24.9 Å². The van der Waals surface area contributed by atoms with Crippen LogP contribution in [0.4, 0.5) is 18.0 Å². The predicted octanol–water partition coefficient (Wildman–Crippen LogP) is 3.12. The number of fused-ring (bicyclic) bond motifs is 1. The van der Waals surface area contributed by atoms with Crippen LogP contribution in [0, 0.1) is 0 Å². The predicted molar refractivity (Wildman–Crippen MR) is 91.3 cm³/mol. The van der Waals surface area contributed by atoms with E-state index in [1.165, 1.54) is 6.07 Å². The third-order valence-corrected chi connectivity index (χ3v) is 5.20. The first-order valence-electron chi connectivity index (χ1n) is 9.05. The van der Waals surface area contributed by atoms with Crippen LogP contribution in [-0.4, -0.2) is 39.2 Å². The Balaban J connectivity index is 1.59. The Bertz CT molecular complexity index is 959. The van der Waals surface area contributed by atoms with E-state index in [1.807, 2.05) is 0 Å². The van der Waals surface area contributed by atoms with Gasteiger partial charge in [0.1, 0.15) is 6.10 Å². The van der Waals surface area contributed by atoms with Gasteiger partial charge in [0.15, 0.2) is 0 Å². The molecule has 1 saturated carbocycles. The fraction of sp³-hybridized carbons (Fsp3) is 0.444. The van der Waals surface area contributed by atoms with Crippen molar-refractivity contribution in [2.24, 2.45) is 5.73 Å². The van der Waals surface area contributed by atoms with Crippen LogP contribution in [0.3, 0.4) is 0 Å². The molecule has 2 heterocycles. The second kappa shape index (κ2) is 7.05. The van der Waals surface area contributed by atoms with Crippen LogP contribution in [0.1, 0.15) is 47.5 Å². The Morgan fingerprint density at radius 2 is 2.03 bits per heavy atom. The van der Waals surface area contributed by atoms with Crippen LogP contribution < -0.4 is 5.73 Å². The van der Waals surface area contributed by atoms with Crippen molar-refractivity contribution in [3.63, 3.8) is 0 Å². The van der Waals surface area contributed by atoms with Gasteiger partial charge in [-0.1, -0.05) is 23.7 Å². The average molecular weight is 410 g/mol. The zero-order chi connectivity index (χ0) is 20.8. The molecule has 8 nitrogen and oxygen atoms in total. The number of hydrogen-bond donors (Lipinski definition) is 1. The number of hydrogen-bond acceptors (Lipinski definition) is 6. The summed E-state index contributed by atoms with van der Waals surface area (Å²) >= 11 is 0. The molecule has 2 aliphatic rings. The fourth-order valence-electron chi connectivity index (χ4n) is 3.91. The number of amides is 2. The van der Waals surface area contributed by atoms with E-state index < -0.39 is 24.3 Å². The molecule has 154 valence electrons. The summed E-state index contributed by atoms with van der Waals surface area (Å²) in [6.45, 7) is 0.317. The maximum Gasteiger partial charge on any atom is 0.471 e. The quantitative estimate of drug-likeness (QED) is 0.832. The molecule has 0 spiro atoms. The van der Waals surface area contributed by atoms with Gasteiger partial charge in [-0.25, -0.2) is 4.79 Å². The van der Waals surface area contributed by atoms with Crippen LogP contribution in [-0.2, 0) is 17.5 Å². The molecule has 1 aromatic heterocycles. The minimum Gasteiger partial charge on any atom is -0.444 e. The molecule has 1 fully saturated rings. The number of ether oxygens (including phenoxy) is 1. The van der Waals surface area contributed by atoms with E-state index in [4.69, 9.17) is 10.5 Å². The Kier molecular flexibility index (Phi) is 4.67. The number of nitrogens with zero attached hydrogens (tertiary/aromatic N) is 3. The SMILES string of the molecule is NC(=O)O[C@@H]1CCCC[C@@H]1N1Cc2ccc(-c3noc(C(F)(F)F)n3)cc2C1=O. The lowest BCUT2D eigenvalue weighted by Gasteiger charge is -2.36. The first-order valence-corrected chi connectivity index (χ1v) is 9.05. The lowest BCUT2D eigenvalue weighted by Crippen LogP contribution is -2.48. The number of aromatic nitrogens is 2. The summed E-state index contributed by atoms with van der Waals surface area (Å²) < 4.78 is 47.5. The third-order valence-electron chi connectivity index (χ3n) is 5.20. The van der Waals surface area contributed by atoms with Gasteiger partial charge in [0, 0.05) is 17.7 Å². The highest BCUT2D eigenvalue weighted by atomic mass is 19.4. The normalized spacial score (nSPS) is 21.9. The molecule has 2 aromatic rings. The maximum absolute atomic E-state index is 13.0. The molecule has 2 amide bonds. The number of nitrogens with two attached hydrogens (primary N) is 1. The van der Waals surface area contributed by atoms with Crippen molar-refractivity contribution in [3.8, 4) is 11.4 Å². The van der Waals surface area contributed by atoms with Crippen molar-refractivity contribution in [2.45, 2.75) is 50.6 Å². The molecule has 0 saturated heterocycles. The van der Waals surface area contributed by atoms with Crippen LogP contribution >= 0.6 is 0 Å². The molecule has 2 atom stereocenters. The summed E-state index contributed by atoms with van der Waals surface area (Å²) in [7, 11) is 0. The Morgan fingerprint density at radius 3 is 2.72 bits per heavy atom. The summed E-state index contributed by atoms with van der Waals surface area (Å²) in [6, 6.07) is 4.34. The van der Waals surface area contributed by atoms with Crippen molar-refractivity contribution >= 4 is 12.0 Å². The second-order valence-corrected chi connectivity index (χ2v) is 7.05.